The van der Waals surface area contributed by atoms with Crippen molar-refractivity contribution in [2.45, 2.75) is 13.3 Å². The maximum absolute atomic E-state index is 11.9. The van der Waals surface area contributed by atoms with Crippen LogP contribution in [0, 0.1) is 0 Å². The highest BCUT2D eigenvalue weighted by atomic mass is 16.4. The highest BCUT2D eigenvalue weighted by Crippen LogP contribution is 2.18. The summed E-state index contributed by atoms with van der Waals surface area (Å²) in [7, 11) is 0. The zero-order chi connectivity index (χ0) is 13.8. The third-order valence-electron chi connectivity index (χ3n) is 3.38. The number of carboxylic acids is 1. The normalized spacial score (nSPS) is 18.8. The molecule has 1 aromatic carbocycles. The highest BCUT2D eigenvalue weighted by Gasteiger charge is 2.20. The van der Waals surface area contributed by atoms with Crippen LogP contribution >= 0.6 is 0 Å². The molecule has 0 radical (unpaired) electrons. The Morgan fingerprint density at radius 1 is 1.42 bits per heavy atom. The monoisotopic (exact) mass is 259 g/mol. The van der Waals surface area contributed by atoms with Crippen molar-refractivity contribution in [3.8, 4) is 0 Å². The number of aromatic carboxylic acids is 1. The summed E-state index contributed by atoms with van der Waals surface area (Å²) in [5.74, 6) is -0.854. The Labute approximate surface area is 112 Å². The van der Waals surface area contributed by atoms with E-state index >= 15 is 0 Å². The van der Waals surface area contributed by atoms with Crippen LogP contribution in [0.15, 0.2) is 29.8 Å². The summed E-state index contributed by atoms with van der Waals surface area (Å²) in [5, 5.41) is 9.13. The van der Waals surface area contributed by atoms with Gasteiger partial charge in [0.2, 0.25) is 0 Å². The SMILES string of the molecule is CCN1CCC(=O)/C(=C/c2ccccc2C(=O)O)C1. The standard InChI is InChI=1S/C15H17NO3/c1-2-16-8-7-14(17)12(10-16)9-11-5-3-4-6-13(11)15(18)19/h3-6,9H,2,7-8,10H2,1H3,(H,18,19)/b12-9+. The molecular formula is C15H17NO3. The minimum Gasteiger partial charge on any atom is -0.478 e. The molecule has 1 N–H and O–H groups in total. The third kappa shape index (κ3) is 3.09. The van der Waals surface area contributed by atoms with Gasteiger partial charge in [0.15, 0.2) is 5.78 Å². The summed E-state index contributed by atoms with van der Waals surface area (Å²) in [6, 6.07) is 6.75. The fraction of sp³-hybridized carbons (Fsp3) is 0.333. The molecule has 19 heavy (non-hydrogen) atoms. The minimum atomic E-state index is -0.969. The summed E-state index contributed by atoms with van der Waals surface area (Å²) >= 11 is 0. The molecule has 1 aliphatic rings. The van der Waals surface area contributed by atoms with E-state index < -0.39 is 5.97 Å². The quantitative estimate of drug-likeness (QED) is 0.844. The van der Waals surface area contributed by atoms with Gasteiger partial charge in [-0.1, -0.05) is 25.1 Å². The van der Waals surface area contributed by atoms with Gasteiger partial charge in [-0.2, -0.15) is 0 Å². The largest absolute Gasteiger partial charge is 0.478 e. The Hall–Kier alpha value is -1.94. The van der Waals surface area contributed by atoms with Crippen LogP contribution in [0.5, 0.6) is 0 Å². The van der Waals surface area contributed by atoms with Gasteiger partial charge in [0.25, 0.3) is 0 Å². The topological polar surface area (TPSA) is 57.6 Å². The molecule has 4 heteroatoms. The highest BCUT2D eigenvalue weighted by molar-refractivity contribution is 6.02. The molecule has 0 spiro atoms. The number of likely N-dealkylation sites (tertiary alicyclic amines) is 1. The van der Waals surface area contributed by atoms with Crippen LogP contribution in [-0.4, -0.2) is 41.4 Å². The number of ketones is 1. The fourth-order valence-corrected chi connectivity index (χ4v) is 2.23. The van der Waals surface area contributed by atoms with E-state index in [0.29, 0.717) is 24.1 Å². The molecule has 0 unspecified atom stereocenters. The van der Waals surface area contributed by atoms with Crippen molar-refractivity contribution in [1.29, 1.82) is 0 Å². The molecule has 1 aromatic rings. The molecule has 0 aliphatic carbocycles. The van der Waals surface area contributed by atoms with Gasteiger partial charge in [-0.25, -0.2) is 4.79 Å². The van der Waals surface area contributed by atoms with E-state index in [1.807, 2.05) is 0 Å². The summed E-state index contributed by atoms with van der Waals surface area (Å²) < 4.78 is 0. The van der Waals surface area contributed by atoms with Crippen molar-refractivity contribution in [3.63, 3.8) is 0 Å². The predicted molar refractivity (Wildman–Crippen MR) is 73.1 cm³/mol. The second-order valence-electron chi connectivity index (χ2n) is 4.60. The zero-order valence-electron chi connectivity index (χ0n) is 10.9. The summed E-state index contributed by atoms with van der Waals surface area (Å²) in [5.41, 5.74) is 1.52. The first kappa shape index (κ1) is 13.5. The molecule has 0 aromatic heterocycles. The van der Waals surface area contributed by atoms with Crippen molar-refractivity contribution in [2.24, 2.45) is 0 Å². The van der Waals surface area contributed by atoms with Crippen molar-refractivity contribution in [1.82, 2.24) is 4.90 Å². The van der Waals surface area contributed by atoms with Crippen LogP contribution in [0.2, 0.25) is 0 Å². The number of rotatable bonds is 3. The van der Waals surface area contributed by atoms with E-state index in [-0.39, 0.29) is 11.3 Å². The Morgan fingerprint density at radius 2 is 2.16 bits per heavy atom. The van der Waals surface area contributed by atoms with Gasteiger partial charge < -0.3 is 5.11 Å². The number of nitrogens with zero attached hydrogens (tertiary/aromatic N) is 1. The molecule has 1 saturated heterocycles. The van der Waals surface area contributed by atoms with Crippen molar-refractivity contribution in [3.05, 3.63) is 41.0 Å². The van der Waals surface area contributed by atoms with Crippen LogP contribution in [0.1, 0.15) is 29.3 Å². The second-order valence-corrected chi connectivity index (χ2v) is 4.60. The van der Waals surface area contributed by atoms with Gasteiger partial charge in [-0.05, 0) is 24.3 Å². The number of carbonyl (C=O) groups is 2. The van der Waals surface area contributed by atoms with Gasteiger partial charge in [0, 0.05) is 25.1 Å². The van der Waals surface area contributed by atoms with E-state index in [4.69, 9.17) is 5.11 Å². The first-order valence-electron chi connectivity index (χ1n) is 6.40. The van der Waals surface area contributed by atoms with E-state index in [2.05, 4.69) is 11.8 Å². The molecule has 2 rings (SSSR count). The van der Waals surface area contributed by atoms with Crippen LogP contribution in [-0.2, 0) is 4.79 Å². The smallest absolute Gasteiger partial charge is 0.336 e. The summed E-state index contributed by atoms with van der Waals surface area (Å²) in [6.45, 7) is 4.33. The molecule has 0 atom stereocenters. The molecular weight excluding hydrogens is 242 g/mol. The van der Waals surface area contributed by atoms with Crippen molar-refractivity contribution >= 4 is 17.8 Å². The summed E-state index contributed by atoms with van der Waals surface area (Å²) in [6.07, 6.45) is 2.22. The predicted octanol–water partition coefficient (Wildman–Crippen LogP) is 2.06. The minimum absolute atomic E-state index is 0.116. The lowest BCUT2D eigenvalue weighted by Crippen LogP contribution is -2.35. The lowest BCUT2D eigenvalue weighted by Gasteiger charge is -2.26. The molecule has 1 fully saturated rings. The molecule has 0 amide bonds. The van der Waals surface area contributed by atoms with E-state index in [0.717, 1.165) is 13.1 Å². The molecule has 100 valence electrons. The molecule has 1 heterocycles. The average Bonchev–Trinajstić information content (AvgIpc) is 2.41. The van der Waals surface area contributed by atoms with Crippen LogP contribution < -0.4 is 0 Å². The van der Waals surface area contributed by atoms with Gasteiger partial charge in [0.1, 0.15) is 0 Å². The van der Waals surface area contributed by atoms with Crippen LogP contribution in [0.4, 0.5) is 0 Å². The first-order valence-corrected chi connectivity index (χ1v) is 6.40. The number of benzene rings is 1. The number of piperidine rings is 1. The van der Waals surface area contributed by atoms with Crippen molar-refractivity contribution in [2.75, 3.05) is 19.6 Å². The van der Waals surface area contributed by atoms with E-state index in [1.54, 1.807) is 30.3 Å². The maximum Gasteiger partial charge on any atom is 0.336 e. The lowest BCUT2D eigenvalue weighted by atomic mass is 9.98. The maximum atomic E-state index is 11.9. The number of carbonyl (C=O) groups excluding carboxylic acids is 1. The Bertz CT molecular complexity index is 534. The lowest BCUT2D eigenvalue weighted by molar-refractivity contribution is -0.117. The Kier molecular flexibility index (Phi) is 4.12. The number of hydrogen-bond donors (Lipinski definition) is 1. The van der Waals surface area contributed by atoms with Gasteiger partial charge in [0.05, 0.1) is 5.56 Å². The number of likely N-dealkylation sites (N-methyl/N-ethyl adjacent to an activating group) is 1. The zero-order valence-corrected chi connectivity index (χ0v) is 10.9. The Balaban J connectivity index is 2.34. The molecule has 0 saturated carbocycles. The van der Waals surface area contributed by atoms with E-state index in [9.17, 15) is 9.59 Å². The van der Waals surface area contributed by atoms with Gasteiger partial charge in [-0.3, -0.25) is 9.69 Å². The van der Waals surface area contributed by atoms with Gasteiger partial charge >= 0.3 is 5.97 Å². The van der Waals surface area contributed by atoms with E-state index in [1.165, 1.54) is 0 Å². The Morgan fingerprint density at radius 3 is 2.84 bits per heavy atom. The van der Waals surface area contributed by atoms with Crippen molar-refractivity contribution < 1.29 is 14.7 Å². The summed E-state index contributed by atoms with van der Waals surface area (Å²) in [4.78, 5) is 25.2. The molecule has 4 nitrogen and oxygen atoms in total. The fourth-order valence-electron chi connectivity index (χ4n) is 2.23. The molecule has 0 bridgehead atoms. The second kappa shape index (κ2) is 5.80. The number of Topliss-reactive ketones (excluding diaryl/α,β-unsaturated/α-hetero) is 1. The molecule has 1 aliphatic heterocycles. The number of hydrogen-bond acceptors (Lipinski definition) is 3. The van der Waals surface area contributed by atoms with Crippen LogP contribution in [0.3, 0.4) is 0 Å². The average molecular weight is 259 g/mol. The number of carboxylic acid groups (broad SMARTS) is 1. The van der Waals surface area contributed by atoms with Gasteiger partial charge in [-0.15, -0.1) is 0 Å². The third-order valence-corrected chi connectivity index (χ3v) is 3.38. The van der Waals surface area contributed by atoms with Crippen LogP contribution in [0.25, 0.3) is 6.08 Å². The first-order chi connectivity index (χ1) is 9.11.